The summed E-state index contributed by atoms with van der Waals surface area (Å²) in [5.41, 5.74) is 3.93. The molecule has 5 heteroatoms. The average molecular weight is 282 g/mol. The number of nitrogens with two attached hydrogens (primary N) is 1. The fourth-order valence-corrected chi connectivity index (χ4v) is 2.75. The number of hydrazine groups is 1. The number of ether oxygens (including phenoxy) is 1. The average Bonchev–Trinajstić information content (AvgIpc) is 2.88. The lowest BCUT2D eigenvalue weighted by molar-refractivity contribution is 0.0329. The second-order valence-electron chi connectivity index (χ2n) is 5.68. The van der Waals surface area contributed by atoms with E-state index in [1.165, 1.54) is 0 Å². The summed E-state index contributed by atoms with van der Waals surface area (Å²) in [5.74, 6) is 6.09. The van der Waals surface area contributed by atoms with Crippen LogP contribution >= 0.6 is 0 Å². The van der Waals surface area contributed by atoms with Crippen molar-refractivity contribution in [2.24, 2.45) is 11.8 Å². The molecule has 0 fully saturated rings. The van der Waals surface area contributed by atoms with E-state index in [1.54, 1.807) is 7.11 Å². The molecule has 5 nitrogen and oxygen atoms in total. The van der Waals surface area contributed by atoms with Crippen LogP contribution in [-0.4, -0.2) is 29.0 Å². The molecule has 0 aliphatic heterocycles. The summed E-state index contributed by atoms with van der Waals surface area (Å²) in [7, 11) is 1.73. The Morgan fingerprint density at radius 3 is 2.45 bits per heavy atom. The number of hydrogen-bond donors (Lipinski definition) is 2. The highest BCUT2D eigenvalue weighted by Gasteiger charge is 2.24. The fraction of sp³-hybridized carbons (Fsp3) is 0.800. The van der Waals surface area contributed by atoms with E-state index in [9.17, 15) is 0 Å². The minimum absolute atomic E-state index is 0.0741. The van der Waals surface area contributed by atoms with E-state index in [0.717, 1.165) is 25.0 Å². The van der Waals surface area contributed by atoms with Crippen LogP contribution in [0.3, 0.4) is 0 Å². The van der Waals surface area contributed by atoms with Crippen LogP contribution in [0.5, 0.6) is 0 Å². The van der Waals surface area contributed by atoms with Crippen molar-refractivity contribution in [2.45, 2.75) is 65.1 Å². The van der Waals surface area contributed by atoms with Crippen molar-refractivity contribution in [1.29, 1.82) is 0 Å². The van der Waals surface area contributed by atoms with Gasteiger partial charge >= 0.3 is 0 Å². The van der Waals surface area contributed by atoms with Crippen LogP contribution < -0.4 is 11.3 Å². The zero-order valence-corrected chi connectivity index (χ0v) is 13.5. The molecule has 2 atom stereocenters. The highest BCUT2D eigenvalue weighted by atomic mass is 16.5. The molecule has 0 aromatic carbocycles. The maximum absolute atomic E-state index is 5.69. The van der Waals surface area contributed by atoms with E-state index in [0.29, 0.717) is 12.0 Å². The van der Waals surface area contributed by atoms with E-state index in [4.69, 9.17) is 10.6 Å². The summed E-state index contributed by atoms with van der Waals surface area (Å²) in [6.07, 6.45) is 5.13. The van der Waals surface area contributed by atoms with Crippen molar-refractivity contribution in [1.82, 2.24) is 15.2 Å². The molecule has 0 saturated carbocycles. The summed E-state index contributed by atoms with van der Waals surface area (Å²) < 4.78 is 7.63. The number of aromatic nitrogens is 2. The number of methoxy groups -OCH3 is 1. The first kappa shape index (κ1) is 17.1. The largest absolute Gasteiger partial charge is 0.380 e. The minimum Gasteiger partial charge on any atom is -0.380 e. The lowest BCUT2D eigenvalue weighted by Gasteiger charge is -2.28. The molecule has 0 aliphatic rings. The second kappa shape index (κ2) is 8.39. The number of nitrogens with zero attached hydrogens (tertiary/aromatic N) is 2. The molecule has 0 spiro atoms. The van der Waals surface area contributed by atoms with Gasteiger partial charge in [-0.1, -0.05) is 27.7 Å². The molecular formula is C15H30N4O. The molecule has 3 N–H and O–H groups in total. The molecule has 0 aliphatic carbocycles. The van der Waals surface area contributed by atoms with Crippen LogP contribution in [0.15, 0.2) is 12.3 Å². The standard InChI is InChI=1S/C15H30N4O/c1-6-13(7-2)19-9-8-12(18-19)10-14(17-16)15(20-5)11(3)4/h8-9,11,13-15,17H,6-7,10,16H2,1-5H3. The van der Waals surface area contributed by atoms with Gasteiger partial charge in [0.05, 0.1) is 23.9 Å². The zero-order chi connectivity index (χ0) is 15.1. The van der Waals surface area contributed by atoms with Gasteiger partial charge in [-0.05, 0) is 24.8 Å². The van der Waals surface area contributed by atoms with Crippen LogP contribution in [0.25, 0.3) is 0 Å². The Labute approximate surface area is 122 Å². The van der Waals surface area contributed by atoms with E-state index >= 15 is 0 Å². The van der Waals surface area contributed by atoms with E-state index in [2.05, 4.69) is 55.2 Å². The Morgan fingerprint density at radius 1 is 1.35 bits per heavy atom. The van der Waals surface area contributed by atoms with Gasteiger partial charge < -0.3 is 4.74 Å². The Morgan fingerprint density at radius 2 is 2.00 bits per heavy atom. The number of nitrogens with one attached hydrogen (secondary N) is 1. The van der Waals surface area contributed by atoms with Crippen LogP contribution in [0.4, 0.5) is 0 Å². The minimum atomic E-state index is 0.0741. The molecule has 1 aromatic rings. The molecule has 20 heavy (non-hydrogen) atoms. The Bertz CT molecular complexity index is 374. The second-order valence-corrected chi connectivity index (χ2v) is 5.68. The lowest BCUT2D eigenvalue weighted by Crippen LogP contribution is -2.48. The van der Waals surface area contributed by atoms with E-state index in [1.807, 2.05) is 0 Å². The van der Waals surface area contributed by atoms with Gasteiger partial charge in [-0.3, -0.25) is 16.0 Å². The van der Waals surface area contributed by atoms with Gasteiger partial charge in [-0.25, -0.2) is 0 Å². The van der Waals surface area contributed by atoms with Gasteiger partial charge in [-0.2, -0.15) is 5.10 Å². The van der Waals surface area contributed by atoms with Gasteiger partial charge in [0.2, 0.25) is 0 Å². The monoisotopic (exact) mass is 282 g/mol. The lowest BCUT2D eigenvalue weighted by atomic mass is 9.96. The third-order valence-corrected chi connectivity index (χ3v) is 3.95. The van der Waals surface area contributed by atoms with Gasteiger partial charge in [0, 0.05) is 19.7 Å². The number of rotatable bonds is 9. The van der Waals surface area contributed by atoms with Crippen molar-refractivity contribution in [3.63, 3.8) is 0 Å². The summed E-state index contributed by atoms with van der Waals surface area (Å²) in [6, 6.07) is 2.64. The van der Waals surface area contributed by atoms with Gasteiger partial charge in [0.25, 0.3) is 0 Å². The normalized spacial score (nSPS) is 15.0. The first-order chi connectivity index (χ1) is 9.57. The Hall–Kier alpha value is -0.910. The Balaban J connectivity index is 2.75. The number of hydrogen-bond acceptors (Lipinski definition) is 4. The molecule has 1 heterocycles. The summed E-state index contributed by atoms with van der Waals surface area (Å²) >= 11 is 0. The molecule has 0 saturated heterocycles. The third kappa shape index (κ3) is 4.30. The molecule has 116 valence electrons. The van der Waals surface area contributed by atoms with E-state index < -0.39 is 0 Å². The zero-order valence-electron chi connectivity index (χ0n) is 13.5. The van der Waals surface area contributed by atoms with Crippen molar-refractivity contribution in [3.05, 3.63) is 18.0 Å². The first-order valence-corrected chi connectivity index (χ1v) is 7.60. The topological polar surface area (TPSA) is 65.1 Å². The summed E-state index contributed by atoms with van der Waals surface area (Å²) in [5, 5.41) is 4.68. The summed E-state index contributed by atoms with van der Waals surface area (Å²) in [6.45, 7) is 8.67. The van der Waals surface area contributed by atoms with E-state index in [-0.39, 0.29) is 12.1 Å². The molecule has 0 radical (unpaired) electrons. The van der Waals surface area contributed by atoms with Crippen molar-refractivity contribution >= 4 is 0 Å². The van der Waals surface area contributed by atoms with Crippen molar-refractivity contribution < 1.29 is 4.74 Å². The first-order valence-electron chi connectivity index (χ1n) is 7.60. The molecule has 0 bridgehead atoms. The maximum Gasteiger partial charge on any atom is 0.0764 e. The predicted molar refractivity (Wildman–Crippen MR) is 82.3 cm³/mol. The van der Waals surface area contributed by atoms with Crippen LogP contribution in [0.1, 0.15) is 52.3 Å². The SMILES string of the molecule is CCC(CC)n1ccc(CC(NN)C(OC)C(C)C)n1. The fourth-order valence-electron chi connectivity index (χ4n) is 2.75. The van der Waals surface area contributed by atoms with Crippen LogP contribution in [0.2, 0.25) is 0 Å². The summed E-state index contributed by atoms with van der Waals surface area (Å²) in [4.78, 5) is 0. The van der Waals surface area contributed by atoms with Crippen molar-refractivity contribution in [2.75, 3.05) is 7.11 Å². The molecule has 1 aromatic heterocycles. The quantitative estimate of drug-likeness (QED) is 0.539. The van der Waals surface area contributed by atoms with Crippen molar-refractivity contribution in [3.8, 4) is 0 Å². The van der Waals surface area contributed by atoms with Crippen LogP contribution in [-0.2, 0) is 11.2 Å². The smallest absolute Gasteiger partial charge is 0.0764 e. The van der Waals surface area contributed by atoms with Crippen LogP contribution in [0, 0.1) is 5.92 Å². The molecule has 0 amide bonds. The van der Waals surface area contributed by atoms with Gasteiger partial charge in [-0.15, -0.1) is 0 Å². The molecular weight excluding hydrogens is 252 g/mol. The highest BCUT2D eigenvalue weighted by Crippen LogP contribution is 2.17. The highest BCUT2D eigenvalue weighted by molar-refractivity contribution is 5.03. The molecule has 1 rings (SSSR count). The predicted octanol–water partition coefficient (Wildman–Crippen LogP) is 2.29. The Kier molecular flexibility index (Phi) is 7.19. The van der Waals surface area contributed by atoms with Gasteiger partial charge in [0.1, 0.15) is 0 Å². The molecule has 2 unspecified atom stereocenters. The third-order valence-electron chi connectivity index (χ3n) is 3.95. The maximum atomic E-state index is 5.69. The van der Waals surface area contributed by atoms with Gasteiger partial charge in [0.15, 0.2) is 0 Å².